The minimum absolute atomic E-state index is 0.000328. The molecule has 162 valence electrons. The van der Waals surface area contributed by atoms with Gasteiger partial charge in [0.15, 0.2) is 6.10 Å². The number of carbonyl (C=O) groups is 3. The number of carbonyl (C=O) groups excluding carboxylic acids is 3. The second-order valence-corrected chi connectivity index (χ2v) is 7.40. The molecule has 0 saturated carbocycles. The maximum absolute atomic E-state index is 13.7. The van der Waals surface area contributed by atoms with Crippen LogP contribution in [0.2, 0.25) is 0 Å². The van der Waals surface area contributed by atoms with Crippen LogP contribution in [0, 0.1) is 5.82 Å². The van der Waals surface area contributed by atoms with Crippen molar-refractivity contribution in [1.82, 2.24) is 0 Å². The lowest BCUT2D eigenvalue weighted by Crippen LogP contribution is -2.30. The van der Waals surface area contributed by atoms with Crippen LogP contribution in [0.4, 0.5) is 10.1 Å². The lowest BCUT2D eigenvalue weighted by Gasteiger charge is -2.25. The monoisotopic (exact) mass is 433 g/mol. The van der Waals surface area contributed by atoms with E-state index >= 15 is 0 Å². The maximum Gasteiger partial charge on any atom is 0.339 e. The zero-order valence-corrected chi connectivity index (χ0v) is 17.2. The normalized spacial score (nSPS) is 15.8. The molecule has 0 fully saturated rings. The Labute approximate surface area is 184 Å². The highest BCUT2D eigenvalue weighted by atomic mass is 19.1. The van der Waals surface area contributed by atoms with E-state index in [9.17, 15) is 18.8 Å². The molecular weight excluding hydrogens is 413 g/mol. The SMILES string of the molecule is C[C@@H](OC(=O)c1ccc2c(c1)C[C@@H](c1ccccc1)OC2=O)C(=O)Nc1ccccc1F. The zero-order chi connectivity index (χ0) is 22.7. The van der Waals surface area contributed by atoms with Crippen molar-refractivity contribution in [3.63, 3.8) is 0 Å². The van der Waals surface area contributed by atoms with E-state index in [2.05, 4.69) is 5.32 Å². The van der Waals surface area contributed by atoms with Crippen LogP contribution in [-0.2, 0) is 20.7 Å². The molecule has 0 aliphatic carbocycles. The average Bonchev–Trinajstić information content (AvgIpc) is 2.80. The smallest absolute Gasteiger partial charge is 0.339 e. The number of amides is 1. The molecule has 0 saturated heterocycles. The molecule has 0 spiro atoms. The van der Waals surface area contributed by atoms with Gasteiger partial charge in [0.25, 0.3) is 5.91 Å². The molecule has 3 aromatic rings. The first kappa shape index (κ1) is 21.2. The van der Waals surface area contributed by atoms with Crippen molar-refractivity contribution in [1.29, 1.82) is 0 Å². The van der Waals surface area contributed by atoms with Crippen LogP contribution in [0.25, 0.3) is 0 Å². The highest BCUT2D eigenvalue weighted by Gasteiger charge is 2.29. The van der Waals surface area contributed by atoms with E-state index in [1.807, 2.05) is 30.3 Å². The topological polar surface area (TPSA) is 81.7 Å². The van der Waals surface area contributed by atoms with E-state index in [0.717, 1.165) is 5.56 Å². The molecule has 3 aromatic carbocycles. The third-order valence-corrected chi connectivity index (χ3v) is 5.17. The highest BCUT2D eigenvalue weighted by Crippen LogP contribution is 2.31. The number of anilines is 1. The van der Waals surface area contributed by atoms with Gasteiger partial charge in [0.2, 0.25) is 0 Å². The van der Waals surface area contributed by atoms with E-state index < -0.39 is 35.9 Å². The number of nitrogens with one attached hydrogen (secondary N) is 1. The summed E-state index contributed by atoms with van der Waals surface area (Å²) in [4.78, 5) is 37.3. The predicted molar refractivity (Wildman–Crippen MR) is 115 cm³/mol. The van der Waals surface area contributed by atoms with Gasteiger partial charge in [-0.05, 0) is 48.4 Å². The Kier molecular flexibility index (Phi) is 5.98. The van der Waals surface area contributed by atoms with Crippen LogP contribution in [-0.4, -0.2) is 23.9 Å². The van der Waals surface area contributed by atoms with E-state index in [-0.39, 0.29) is 11.3 Å². The Morgan fingerprint density at radius 3 is 2.53 bits per heavy atom. The Bertz CT molecular complexity index is 1180. The second-order valence-electron chi connectivity index (χ2n) is 7.40. The van der Waals surface area contributed by atoms with Crippen LogP contribution in [0.1, 0.15) is 44.9 Å². The molecule has 1 heterocycles. The summed E-state index contributed by atoms with van der Waals surface area (Å²) in [6.45, 7) is 1.40. The van der Waals surface area contributed by atoms with E-state index in [0.29, 0.717) is 17.5 Å². The maximum atomic E-state index is 13.7. The van der Waals surface area contributed by atoms with Gasteiger partial charge in [0.05, 0.1) is 16.8 Å². The highest BCUT2D eigenvalue weighted by molar-refractivity contribution is 5.98. The number of esters is 2. The first-order valence-electron chi connectivity index (χ1n) is 10.1. The standard InChI is InChI=1S/C25H20FNO5/c1-15(23(28)27-21-10-6-5-9-20(21)26)31-24(29)17-11-12-19-18(13-17)14-22(32-25(19)30)16-7-3-2-4-8-16/h2-13,15,22H,14H2,1H3,(H,27,28)/t15-,22+/m1/s1. The van der Waals surface area contributed by atoms with E-state index in [1.165, 1.54) is 37.3 Å². The number of rotatable bonds is 5. The van der Waals surface area contributed by atoms with Gasteiger partial charge in [-0.2, -0.15) is 0 Å². The van der Waals surface area contributed by atoms with Crippen molar-refractivity contribution in [3.8, 4) is 0 Å². The van der Waals surface area contributed by atoms with Gasteiger partial charge in [-0.3, -0.25) is 4.79 Å². The summed E-state index contributed by atoms with van der Waals surface area (Å²) in [6.07, 6.45) is -1.19. The van der Waals surface area contributed by atoms with E-state index in [4.69, 9.17) is 9.47 Å². The Balaban J connectivity index is 1.46. The number of fused-ring (bicyclic) bond motifs is 1. The number of ether oxygens (including phenoxy) is 2. The first-order chi connectivity index (χ1) is 15.4. The van der Waals surface area contributed by atoms with Crippen molar-refractivity contribution in [2.45, 2.75) is 25.6 Å². The van der Waals surface area contributed by atoms with Gasteiger partial charge in [-0.1, -0.05) is 42.5 Å². The van der Waals surface area contributed by atoms with Crippen molar-refractivity contribution in [2.75, 3.05) is 5.32 Å². The van der Waals surface area contributed by atoms with Gasteiger partial charge in [-0.15, -0.1) is 0 Å². The fourth-order valence-corrected chi connectivity index (χ4v) is 3.46. The number of hydrogen-bond donors (Lipinski definition) is 1. The third-order valence-electron chi connectivity index (χ3n) is 5.17. The first-order valence-corrected chi connectivity index (χ1v) is 10.1. The van der Waals surface area contributed by atoms with Crippen molar-refractivity contribution in [3.05, 3.63) is 101 Å². The summed E-state index contributed by atoms with van der Waals surface area (Å²) in [7, 11) is 0. The zero-order valence-electron chi connectivity index (χ0n) is 17.2. The average molecular weight is 433 g/mol. The van der Waals surface area contributed by atoms with Crippen molar-refractivity contribution < 1.29 is 28.2 Å². The van der Waals surface area contributed by atoms with Gasteiger partial charge < -0.3 is 14.8 Å². The third kappa shape index (κ3) is 4.51. The van der Waals surface area contributed by atoms with Gasteiger partial charge in [0.1, 0.15) is 11.9 Å². The molecular formula is C25H20FNO5. The number of cyclic esters (lactones) is 1. The Morgan fingerprint density at radius 2 is 1.78 bits per heavy atom. The summed E-state index contributed by atoms with van der Waals surface area (Å²) in [5.74, 6) is -2.43. The molecule has 1 aliphatic heterocycles. The fraction of sp³-hybridized carbons (Fsp3) is 0.160. The molecule has 0 aromatic heterocycles. The fourth-order valence-electron chi connectivity index (χ4n) is 3.46. The Hall–Kier alpha value is -4.00. The van der Waals surface area contributed by atoms with Crippen molar-refractivity contribution >= 4 is 23.5 Å². The van der Waals surface area contributed by atoms with Crippen molar-refractivity contribution in [2.24, 2.45) is 0 Å². The molecule has 6 nitrogen and oxygen atoms in total. The van der Waals surface area contributed by atoms with Crippen LogP contribution in [0.3, 0.4) is 0 Å². The van der Waals surface area contributed by atoms with Gasteiger partial charge in [0, 0.05) is 6.42 Å². The van der Waals surface area contributed by atoms with Crippen LogP contribution >= 0.6 is 0 Å². The minimum Gasteiger partial charge on any atom is -0.454 e. The van der Waals surface area contributed by atoms with Crippen LogP contribution < -0.4 is 5.32 Å². The predicted octanol–water partition coefficient (Wildman–Crippen LogP) is 4.46. The quantitative estimate of drug-likeness (QED) is 0.601. The van der Waals surface area contributed by atoms with E-state index in [1.54, 1.807) is 12.1 Å². The molecule has 0 radical (unpaired) electrons. The lowest BCUT2D eigenvalue weighted by atomic mass is 9.93. The molecule has 2 atom stereocenters. The van der Waals surface area contributed by atoms with Crippen LogP contribution in [0.15, 0.2) is 72.8 Å². The molecule has 7 heteroatoms. The largest absolute Gasteiger partial charge is 0.454 e. The minimum atomic E-state index is -1.15. The molecule has 1 N–H and O–H groups in total. The summed E-state index contributed by atoms with van der Waals surface area (Å²) in [5, 5.41) is 2.39. The number of benzene rings is 3. The lowest BCUT2D eigenvalue weighted by molar-refractivity contribution is -0.123. The molecule has 1 aliphatic rings. The molecule has 0 unspecified atom stereocenters. The Morgan fingerprint density at radius 1 is 1.06 bits per heavy atom. The second kappa shape index (κ2) is 9.01. The van der Waals surface area contributed by atoms with Gasteiger partial charge in [-0.25, -0.2) is 14.0 Å². The van der Waals surface area contributed by atoms with Gasteiger partial charge >= 0.3 is 11.9 Å². The number of hydrogen-bond acceptors (Lipinski definition) is 5. The molecule has 0 bridgehead atoms. The number of para-hydroxylation sites is 1. The summed E-state index contributed by atoms with van der Waals surface area (Å²) < 4.78 is 24.5. The molecule has 4 rings (SSSR count). The summed E-state index contributed by atoms with van der Waals surface area (Å²) >= 11 is 0. The number of halogens is 1. The molecule has 32 heavy (non-hydrogen) atoms. The van der Waals surface area contributed by atoms with Crippen LogP contribution in [0.5, 0.6) is 0 Å². The summed E-state index contributed by atoms with van der Waals surface area (Å²) in [5.41, 5.74) is 2.11. The summed E-state index contributed by atoms with van der Waals surface area (Å²) in [6, 6.07) is 19.6. The molecule has 1 amide bonds.